The monoisotopic (exact) mass is 358 g/mol. The van der Waals surface area contributed by atoms with E-state index in [0.717, 1.165) is 0 Å². The first kappa shape index (κ1) is 19.6. The van der Waals surface area contributed by atoms with E-state index in [-0.39, 0.29) is 30.0 Å². The smallest absolute Gasteiger partial charge is 0.251 e. The van der Waals surface area contributed by atoms with Crippen LogP contribution in [0.4, 0.5) is 4.39 Å². The molecule has 0 aromatic heterocycles. The van der Waals surface area contributed by atoms with Crippen molar-refractivity contribution in [2.75, 3.05) is 19.7 Å². The second kappa shape index (κ2) is 10.3. The van der Waals surface area contributed by atoms with Crippen molar-refractivity contribution in [3.63, 3.8) is 0 Å². The third-order valence-electron chi connectivity index (χ3n) is 3.77. The molecule has 26 heavy (non-hydrogen) atoms. The Labute approximate surface area is 152 Å². The molecule has 2 aromatic rings. The fourth-order valence-electron chi connectivity index (χ4n) is 2.46. The number of hydrogen-bond donors (Lipinski definition) is 2. The molecule has 0 fully saturated rings. The molecule has 0 bridgehead atoms. The molecular formula is C20H23FN2O3. The van der Waals surface area contributed by atoms with Gasteiger partial charge in [0.1, 0.15) is 5.82 Å². The van der Waals surface area contributed by atoms with Gasteiger partial charge < -0.3 is 15.4 Å². The molecule has 0 aliphatic heterocycles. The van der Waals surface area contributed by atoms with E-state index in [2.05, 4.69) is 10.6 Å². The summed E-state index contributed by atoms with van der Waals surface area (Å²) in [5.74, 6) is -0.963. The maximum Gasteiger partial charge on any atom is 0.251 e. The number of carbonyl (C=O) groups excluding carboxylic acids is 2. The summed E-state index contributed by atoms with van der Waals surface area (Å²) in [6.07, 6.45) is 0.309. The molecule has 5 nitrogen and oxygen atoms in total. The van der Waals surface area contributed by atoms with Gasteiger partial charge in [0.15, 0.2) is 0 Å². The molecule has 0 aliphatic carbocycles. The molecule has 1 atom stereocenters. The van der Waals surface area contributed by atoms with Crippen molar-refractivity contribution in [1.29, 1.82) is 0 Å². The summed E-state index contributed by atoms with van der Waals surface area (Å²) in [7, 11) is 0. The first-order chi connectivity index (χ1) is 12.6. The number of amides is 2. The van der Waals surface area contributed by atoms with Crippen molar-refractivity contribution >= 4 is 11.8 Å². The van der Waals surface area contributed by atoms with Crippen molar-refractivity contribution < 1.29 is 18.7 Å². The predicted molar refractivity (Wildman–Crippen MR) is 97.5 cm³/mol. The number of halogens is 1. The van der Waals surface area contributed by atoms with Gasteiger partial charge in [0.25, 0.3) is 11.8 Å². The minimum Gasteiger partial charge on any atom is -0.377 e. The van der Waals surface area contributed by atoms with E-state index >= 15 is 0 Å². The largest absolute Gasteiger partial charge is 0.377 e. The van der Waals surface area contributed by atoms with E-state index in [1.54, 1.807) is 30.3 Å². The Hall–Kier alpha value is -2.73. The van der Waals surface area contributed by atoms with Gasteiger partial charge in [-0.15, -0.1) is 0 Å². The third-order valence-corrected chi connectivity index (χ3v) is 3.77. The lowest BCUT2D eigenvalue weighted by atomic mass is 10.2. The lowest BCUT2D eigenvalue weighted by molar-refractivity contribution is 0.0534. The Kier molecular flexibility index (Phi) is 7.76. The molecular weight excluding hydrogens is 335 g/mol. The SMILES string of the molecule is CCOC(CCNC(=O)c1ccccc1)CNC(=O)c1cccc(F)c1. The van der Waals surface area contributed by atoms with Crippen LogP contribution in [0, 0.1) is 5.82 Å². The average Bonchev–Trinajstić information content (AvgIpc) is 2.66. The highest BCUT2D eigenvalue weighted by Gasteiger charge is 2.13. The highest BCUT2D eigenvalue weighted by molar-refractivity contribution is 5.94. The minimum absolute atomic E-state index is 0.148. The van der Waals surface area contributed by atoms with Crippen molar-refractivity contribution in [3.8, 4) is 0 Å². The van der Waals surface area contributed by atoms with E-state index in [1.165, 1.54) is 18.2 Å². The van der Waals surface area contributed by atoms with Crippen LogP contribution in [-0.2, 0) is 4.74 Å². The van der Waals surface area contributed by atoms with Gasteiger partial charge in [-0.25, -0.2) is 4.39 Å². The van der Waals surface area contributed by atoms with Gasteiger partial charge >= 0.3 is 0 Å². The molecule has 138 valence electrons. The summed E-state index contributed by atoms with van der Waals surface area (Å²) >= 11 is 0. The van der Waals surface area contributed by atoms with E-state index in [4.69, 9.17) is 4.74 Å². The molecule has 0 saturated heterocycles. The zero-order valence-corrected chi connectivity index (χ0v) is 14.7. The molecule has 0 radical (unpaired) electrons. The highest BCUT2D eigenvalue weighted by Crippen LogP contribution is 2.04. The fraction of sp³-hybridized carbons (Fsp3) is 0.300. The van der Waals surface area contributed by atoms with Crippen LogP contribution < -0.4 is 10.6 Å². The van der Waals surface area contributed by atoms with Crippen LogP contribution in [0.2, 0.25) is 0 Å². The summed E-state index contributed by atoms with van der Waals surface area (Å²) < 4.78 is 18.8. The summed E-state index contributed by atoms with van der Waals surface area (Å²) in [4.78, 5) is 24.1. The number of ether oxygens (including phenoxy) is 1. The zero-order chi connectivity index (χ0) is 18.8. The first-order valence-electron chi connectivity index (χ1n) is 8.58. The Morgan fingerprint density at radius 1 is 1.00 bits per heavy atom. The normalized spacial score (nSPS) is 11.6. The fourth-order valence-corrected chi connectivity index (χ4v) is 2.46. The third kappa shape index (κ3) is 6.29. The van der Waals surface area contributed by atoms with Crippen LogP contribution in [-0.4, -0.2) is 37.6 Å². The molecule has 2 rings (SSSR count). The van der Waals surface area contributed by atoms with E-state index < -0.39 is 5.82 Å². The van der Waals surface area contributed by atoms with Crippen molar-refractivity contribution in [3.05, 3.63) is 71.5 Å². The number of carbonyl (C=O) groups is 2. The Bertz CT molecular complexity index is 722. The molecule has 2 amide bonds. The molecule has 1 unspecified atom stereocenters. The maximum atomic E-state index is 13.2. The second-order valence-corrected chi connectivity index (χ2v) is 5.71. The Morgan fingerprint density at radius 3 is 2.38 bits per heavy atom. The van der Waals surface area contributed by atoms with Crippen molar-refractivity contribution in [1.82, 2.24) is 10.6 Å². The van der Waals surface area contributed by atoms with E-state index in [9.17, 15) is 14.0 Å². The van der Waals surface area contributed by atoms with Gasteiger partial charge in [-0.05, 0) is 43.7 Å². The molecule has 0 aliphatic rings. The molecule has 6 heteroatoms. The average molecular weight is 358 g/mol. The zero-order valence-electron chi connectivity index (χ0n) is 14.7. The molecule has 0 spiro atoms. The van der Waals surface area contributed by atoms with Gasteiger partial charge in [-0.2, -0.15) is 0 Å². The Morgan fingerprint density at radius 2 is 1.69 bits per heavy atom. The summed E-state index contributed by atoms with van der Waals surface area (Å²) in [5, 5.41) is 5.57. The van der Waals surface area contributed by atoms with Gasteiger partial charge in [-0.1, -0.05) is 24.3 Å². The number of benzene rings is 2. The van der Waals surface area contributed by atoms with Crippen LogP contribution in [0.15, 0.2) is 54.6 Å². The van der Waals surface area contributed by atoms with Crippen molar-refractivity contribution in [2.24, 2.45) is 0 Å². The van der Waals surface area contributed by atoms with Gasteiger partial charge in [0.05, 0.1) is 6.10 Å². The minimum atomic E-state index is -0.456. The van der Waals surface area contributed by atoms with Gasteiger partial charge in [0.2, 0.25) is 0 Å². The summed E-state index contributed by atoms with van der Waals surface area (Å²) in [6, 6.07) is 14.5. The Balaban J connectivity index is 1.79. The summed E-state index contributed by atoms with van der Waals surface area (Å²) in [5.41, 5.74) is 0.859. The van der Waals surface area contributed by atoms with Crippen LogP contribution in [0.3, 0.4) is 0 Å². The lowest BCUT2D eigenvalue weighted by Gasteiger charge is -2.18. The molecule has 0 saturated carbocycles. The predicted octanol–water partition coefficient (Wildman–Crippen LogP) is 2.78. The number of hydrogen-bond acceptors (Lipinski definition) is 3. The lowest BCUT2D eigenvalue weighted by Crippen LogP contribution is -2.36. The quantitative estimate of drug-likeness (QED) is 0.724. The van der Waals surface area contributed by atoms with Crippen LogP contribution in [0.5, 0.6) is 0 Å². The van der Waals surface area contributed by atoms with Crippen molar-refractivity contribution in [2.45, 2.75) is 19.4 Å². The number of rotatable bonds is 9. The molecule has 2 N–H and O–H groups in total. The summed E-state index contributed by atoms with van der Waals surface area (Å²) in [6.45, 7) is 3.07. The van der Waals surface area contributed by atoms with Crippen LogP contribution >= 0.6 is 0 Å². The van der Waals surface area contributed by atoms with Gasteiger partial charge in [-0.3, -0.25) is 9.59 Å². The highest BCUT2D eigenvalue weighted by atomic mass is 19.1. The standard InChI is InChI=1S/C20H23FN2O3/c1-2-26-18(11-12-22-19(24)15-7-4-3-5-8-15)14-23-20(25)16-9-6-10-17(21)13-16/h3-10,13,18H,2,11-12,14H2,1H3,(H,22,24)(H,23,25). The first-order valence-corrected chi connectivity index (χ1v) is 8.58. The maximum absolute atomic E-state index is 13.2. The van der Waals surface area contributed by atoms with E-state index in [0.29, 0.717) is 25.1 Å². The van der Waals surface area contributed by atoms with Gasteiger partial charge in [0, 0.05) is 30.8 Å². The molecule has 0 heterocycles. The van der Waals surface area contributed by atoms with Crippen LogP contribution in [0.25, 0.3) is 0 Å². The van der Waals surface area contributed by atoms with E-state index in [1.807, 2.05) is 13.0 Å². The van der Waals surface area contributed by atoms with Crippen LogP contribution in [0.1, 0.15) is 34.1 Å². The second-order valence-electron chi connectivity index (χ2n) is 5.71. The number of nitrogens with one attached hydrogen (secondary N) is 2. The molecule has 2 aromatic carbocycles. The topological polar surface area (TPSA) is 67.4 Å².